The maximum Gasteiger partial charge on any atom is 0.228 e. The summed E-state index contributed by atoms with van der Waals surface area (Å²) in [5, 5.41) is 4.08. The Hall–Kier alpha value is -2.55. The fourth-order valence-electron chi connectivity index (χ4n) is 2.79. The number of aromatic nitrogens is 1. The maximum atomic E-state index is 12.3. The third kappa shape index (κ3) is 3.81. The molecule has 0 saturated heterocycles. The van der Waals surface area contributed by atoms with E-state index in [0.29, 0.717) is 6.42 Å². The molecule has 3 heteroatoms. The molecule has 0 aliphatic rings. The number of hydrogen-bond donors (Lipinski definition) is 2. The summed E-state index contributed by atoms with van der Waals surface area (Å²) in [4.78, 5) is 15.5. The molecule has 2 aromatic carbocycles. The molecule has 0 atom stereocenters. The summed E-state index contributed by atoms with van der Waals surface area (Å²) in [6.45, 7) is 2.19. The third-order valence-corrected chi connectivity index (χ3v) is 4.08. The Kier molecular flexibility index (Phi) is 4.77. The number of unbranched alkanes of at least 4 members (excludes halogenated alkanes) is 1. The van der Waals surface area contributed by atoms with Crippen LogP contribution in [0.15, 0.2) is 54.7 Å². The lowest BCUT2D eigenvalue weighted by atomic mass is 10.1. The van der Waals surface area contributed by atoms with Crippen molar-refractivity contribution in [3.05, 3.63) is 65.9 Å². The van der Waals surface area contributed by atoms with Crippen molar-refractivity contribution in [2.45, 2.75) is 32.6 Å². The average Bonchev–Trinajstić information content (AvgIpc) is 2.97. The minimum absolute atomic E-state index is 0.0102. The summed E-state index contributed by atoms with van der Waals surface area (Å²) in [7, 11) is 0. The number of hydrogen-bond acceptors (Lipinski definition) is 1. The van der Waals surface area contributed by atoms with Gasteiger partial charge in [-0.05, 0) is 42.2 Å². The second-order valence-electron chi connectivity index (χ2n) is 5.88. The van der Waals surface area contributed by atoms with Crippen LogP contribution in [-0.2, 0) is 17.6 Å². The van der Waals surface area contributed by atoms with E-state index in [4.69, 9.17) is 0 Å². The van der Waals surface area contributed by atoms with Crippen molar-refractivity contribution < 1.29 is 4.79 Å². The van der Waals surface area contributed by atoms with Gasteiger partial charge in [-0.1, -0.05) is 43.7 Å². The number of aryl methyl sites for hydroxylation is 1. The second-order valence-corrected chi connectivity index (χ2v) is 5.88. The van der Waals surface area contributed by atoms with Crippen LogP contribution in [-0.4, -0.2) is 10.9 Å². The van der Waals surface area contributed by atoms with Crippen molar-refractivity contribution in [1.29, 1.82) is 0 Å². The van der Waals surface area contributed by atoms with Gasteiger partial charge in [-0.15, -0.1) is 0 Å². The highest BCUT2D eigenvalue weighted by Gasteiger charge is 2.08. The molecule has 3 aromatic rings. The van der Waals surface area contributed by atoms with Gasteiger partial charge >= 0.3 is 0 Å². The molecule has 23 heavy (non-hydrogen) atoms. The van der Waals surface area contributed by atoms with Crippen LogP contribution in [0.1, 0.15) is 30.9 Å². The first-order valence-electron chi connectivity index (χ1n) is 8.20. The average molecular weight is 306 g/mol. The lowest BCUT2D eigenvalue weighted by Crippen LogP contribution is -2.14. The normalized spacial score (nSPS) is 10.8. The van der Waals surface area contributed by atoms with Crippen LogP contribution in [0.5, 0.6) is 0 Å². The number of para-hydroxylation sites is 1. The molecule has 0 fully saturated rings. The summed E-state index contributed by atoms with van der Waals surface area (Å²) in [5.74, 6) is 0.0102. The van der Waals surface area contributed by atoms with E-state index in [-0.39, 0.29) is 5.91 Å². The van der Waals surface area contributed by atoms with Crippen molar-refractivity contribution in [3.8, 4) is 0 Å². The number of aromatic amines is 1. The van der Waals surface area contributed by atoms with E-state index < -0.39 is 0 Å². The van der Waals surface area contributed by atoms with Gasteiger partial charge in [0.05, 0.1) is 6.42 Å². The van der Waals surface area contributed by atoms with E-state index in [1.54, 1.807) is 0 Å². The largest absolute Gasteiger partial charge is 0.361 e. The summed E-state index contributed by atoms with van der Waals surface area (Å²) in [6.07, 6.45) is 5.79. The predicted octanol–water partition coefficient (Wildman–Crippen LogP) is 4.69. The van der Waals surface area contributed by atoms with Gasteiger partial charge in [0.25, 0.3) is 0 Å². The molecular weight excluding hydrogens is 284 g/mol. The van der Waals surface area contributed by atoms with Crippen LogP contribution in [0.2, 0.25) is 0 Å². The van der Waals surface area contributed by atoms with E-state index in [2.05, 4.69) is 29.4 Å². The fourth-order valence-corrected chi connectivity index (χ4v) is 2.79. The quantitative estimate of drug-likeness (QED) is 0.681. The van der Waals surface area contributed by atoms with Crippen molar-refractivity contribution in [2.75, 3.05) is 5.32 Å². The fraction of sp³-hybridized carbons (Fsp3) is 0.250. The lowest BCUT2D eigenvalue weighted by molar-refractivity contribution is -0.115. The highest BCUT2D eigenvalue weighted by Crippen LogP contribution is 2.19. The lowest BCUT2D eigenvalue weighted by Gasteiger charge is -2.06. The number of carbonyl (C=O) groups is 1. The zero-order chi connectivity index (χ0) is 16.1. The minimum atomic E-state index is 0.0102. The summed E-state index contributed by atoms with van der Waals surface area (Å²) >= 11 is 0. The first-order valence-corrected chi connectivity index (χ1v) is 8.20. The van der Waals surface area contributed by atoms with E-state index in [0.717, 1.165) is 28.6 Å². The van der Waals surface area contributed by atoms with Gasteiger partial charge < -0.3 is 10.3 Å². The highest BCUT2D eigenvalue weighted by atomic mass is 16.1. The first-order chi connectivity index (χ1) is 11.3. The molecule has 3 nitrogen and oxygen atoms in total. The van der Waals surface area contributed by atoms with Gasteiger partial charge in [0.1, 0.15) is 0 Å². The van der Waals surface area contributed by atoms with Crippen molar-refractivity contribution in [2.24, 2.45) is 0 Å². The van der Waals surface area contributed by atoms with E-state index in [1.165, 1.54) is 18.4 Å². The Bertz CT molecular complexity index is 787. The summed E-state index contributed by atoms with van der Waals surface area (Å²) in [6, 6.07) is 16.2. The molecule has 0 aliphatic carbocycles. The number of H-pyrrole nitrogens is 1. The Morgan fingerprint density at radius 3 is 2.65 bits per heavy atom. The van der Waals surface area contributed by atoms with Gasteiger partial charge in [-0.25, -0.2) is 0 Å². The van der Waals surface area contributed by atoms with Gasteiger partial charge in [0.15, 0.2) is 0 Å². The molecule has 0 radical (unpaired) electrons. The van der Waals surface area contributed by atoms with Gasteiger partial charge in [-0.3, -0.25) is 4.79 Å². The zero-order valence-corrected chi connectivity index (χ0v) is 13.4. The Morgan fingerprint density at radius 1 is 1.09 bits per heavy atom. The Balaban J connectivity index is 1.63. The van der Waals surface area contributed by atoms with Crippen molar-refractivity contribution in [3.63, 3.8) is 0 Å². The topological polar surface area (TPSA) is 44.9 Å². The Morgan fingerprint density at radius 2 is 1.87 bits per heavy atom. The number of carbonyl (C=O) groups excluding carboxylic acids is 1. The maximum absolute atomic E-state index is 12.3. The van der Waals surface area contributed by atoms with Crippen LogP contribution in [0.3, 0.4) is 0 Å². The minimum Gasteiger partial charge on any atom is -0.361 e. The van der Waals surface area contributed by atoms with Crippen LogP contribution in [0, 0.1) is 0 Å². The van der Waals surface area contributed by atoms with Crippen LogP contribution in [0.25, 0.3) is 10.9 Å². The molecule has 1 amide bonds. The molecule has 0 unspecified atom stereocenters. The molecule has 0 spiro atoms. The van der Waals surface area contributed by atoms with Crippen molar-refractivity contribution in [1.82, 2.24) is 4.98 Å². The number of anilines is 1. The molecule has 0 bridgehead atoms. The summed E-state index contributed by atoms with van der Waals surface area (Å²) in [5.41, 5.74) is 4.27. The molecule has 0 saturated carbocycles. The van der Waals surface area contributed by atoms with Crippen LogP contribution in [0.4, 0.5) is 5.69 Å². The molecule has 1 aromatic heterocycles. The highest BCUT2D eigenvalue weighted by molar-refractivity contribution is 5.95. The molecule has 1 heterocycles. The zero-order valence-electron chi connectivity index (χ0n) is 13.4. The third-order valence-electron chi connectivity index (χ3n) is 4.08. The smallest absolute Gasteiger partial charge is 0.228 e. The molecule has 2 N–H and O–H groups in total. The molecule has 0 aliphatic heterocycles. The van der Waals surface area contributed by atoms with E-state index in [9.17, 15) is 4.79 Å². The van der Waals surface area contributed by atoms with Gasteiger partial charge in [-0.2, -0.15) is 0 Å². The SMILES string of the molecule is CCCCc1ccc(NC(=O)Cc2c[nH]c3ccccc23)cc1. The standard InChI is InChI=1S/C20H22N2O/c1-2-3-6-15-9-11-17(12-10-15)22-20(23)13-16-14-21-19-8-5-4-7-18(16)19/h4-5,7-12,14,21H,2-3,6,13H2,1H3,(H,22,23). The first kappa shape index (κ1) is 15.3. The van der Waals surface area contributed by atoms with E-state index in [1.807, 2.05) is 42.6 Å². The van der Waals surface area contributed by atoms with Crippen LogP contribution < -0.4 is 5.32 Å². The number of rotatable bonds is 6. The summed E-state index contributed by atoms with van der Waals surface area (Å²) < 4.78 is 0. The molecule has 118 valence electrons. The second kappa shape index (κ2) is 7.14. The number of amides is 1. The van der Waals surface area contributed by atoms with Gasteiger partial charge in [0, 0.05) is 22.8 Å². The predicted molar refractivity (Wildman–Crippen MR) is 95.7 cm³/mol. The van der Waals surface area contributed by atoms with Crippen LogP contribution >= 0.6 is 0 Å². The van der Waals surface area contributed by atoms with E-state index >= 15 is 0 Å². The van der Waals surface area contributed by atoms with Gasteiger partial charge in [0.2, 0.25) is 5.91 Å². The Labute approximate surface area is 136 Å². The van der Waals surface area contributed by atoms with Crippen molar-refractivity contribution >= 4 is 22.5 Å². The number of benzene rings is 2. The molecular formula is C20H22N2O. The molecule has 3 rings (SSSR count). The monoisotopic (exact) mass is 306 g/mol. The number of fused-ring (bicyclic) bond motifs is 1. The number of nitrogens with one attached hydrogen (secondary N) is 2.